The van der Waals surface area contributed by atoms with Gasteiger partial charge >= 0.3 is 6.09 Å². The second-order valence-electron chi connectivity index (χ2n) is 8.54. The molecule has 4 atom stereocenters. The number of aliphatic hydroxyl groups excluding tert-OH is 1. The lowest BCUT2D eigenvalue weighted by Crippen LogP contribution is -2.56. The van der Waals surface area contributed by atoms with Gasteiger partial charge in [-0.25, -0.2) is 4.79 Å². The first kappa shape index (κ1) is 21.3. The lowest BCUT2D eigenvalue weighted by Gasteiger charge is -2.40. The number of fused-ring (bicyclic) bond motifs is 1. The average molecular weight is 402 g/mol. The van der Waals surface area contributed by atoms with Crippen molar-refractivity contribution in [3.05, 3.63) is 48.0 Å². The normalized spacial score (nSPS) is 27.0. The molecule has 0 bridgehead atoms. The highest BCUT2D eigenvalue weighted by Gasteiger charge is 2.39. The highest BCUT2D eigenvalue weighted by atomic mass is 16.6. The van der Waals surface area contributed by atoms with Gasteiger partial charge in [0.2, 0.25) is 0 Å². The zero-order chi connectivity index (χ0) is 21.2. The average Bonchev–Trinajstić information content (AvgIpc) is 2.66. The number of hydrogen-bond acceptors (Lipinski definition) is 5. The maximum atomic E-state index is 13.1. The first-order chi connectivity index (χ1) is 13.7. The Balaban J connectivity index is 1.62. The van der Waals surface area contributed by atoms with Gasteiger partial charge in [0, 0.05) is 13.0 Å². The van der Waals surface area contributed by atoms with Crippen LogP contribution in [0.2, 0.25) is 0 Å². The Kier molecular flexibility index (Phi) is 6.29. The molecular weight excluding hydrogens is 372 g/mol. The third-order valence-electron chi connectivity index (χ3n) is 5.21. The van der Waals surface area contributed by atoms with E-state index in [9.17, 15) is 14.7 Å². The molecule has 0 aliphatic carbocycles. The van der Waals surface area contributed by atoms with Gasteiger partial charge in [-0.1, -0.05) is 30.3 Å². The van der Waals surface area contributed by atoms with Crippen LogP contribution in [0.3, 0.4) is 0 Å². The van der Waals surface area contributed by atoms with Crippen LogP contribution in [0.4, 0.5) is 4.79 Å². The number of hydrogen-bond donors (Lipinski definition) is 2. The predicted octanol–water partition coefficient (Wildman–Crippen LogP) is 2.34. The van der Waals surface area contributed by atoms with E-state index in [0.29, 0.717) is 6.54 Å². The van der Waals surface area contributed by atoms with E-state index in [1.54, 1.807) is 31.7 Å². The molecule has 0 aromatic heterocycles. The fraction of sp³-hybridized carbons (Fsp3) is 0.545. The van der Waals surface area contributed by atoms with Crippen LogP contribution in [0.25, 0.3) is 0 Å². The molecule has 1 aromatic rings. The number of rotatable bonds is 3. The van der Waals surface area contributed by atoms with Crippen LogP contribution in [-0.4, -0.2) is 59.0 Å². The topological polar surface area (TPSA) is 88.1 Å². The van der Waals surface area contributed by atoms with Crippen LogP contribution in [-0.2, 0) is 20.7 Å². The molecule has 7 nitrogen and oxygen atoms in total. The van der Waals surface area contributed by atoms with E-state index in [0.717, 1.165) is 12.0 Å². The molecule has 2 aliphatic heterocycles. The SMILES string of the molecule is C=C[C@H]1c2ccccc2CCN1C(=O)[C@@H]1C[C@H](O)[C@H](NC(=O)OC(C)(C)C)CO1. The van der Waals surface area contributed by atoms with E-state index in [4.69, 9.17) is 9.47 Å². The van der Waals surface area contributed by atoms with Gasteiger partial charge in [-0.15, -0.1) is 6.58 Å². The van der Waals surface area contributed by atoms with Crippen LogP contribution >= 0.6 is 0 Å². The van der Waals surface area contributed by atoms with Crippen molar-refractivity contribution in [2.45, 2.75) is 63.5 Å². The molecule has 1 fully saturated rings. The summed E-state index contributed by atoms with van der Waals surface area (Å²) in [5.41, 5.74) is 1.66. The van der Waals surface area contributed by atoms with Crippen molar-refractivity contribution in [3.63, 3.8) is 0 Å². The molecule has 2 amide bonds. The second kappa shape index (κ2) is 8.55. The first-order valence-electron chi connectivity index (χ1n) is 9.99. The molecule has 1 aromatic carbocycles. The standard InChI is InChI=1S/C22H30N2O5/c1-5-17-15-9-7-6-8-14(15)10-11-24(17)20(26)19-12-18(25)16(13-28-19)23-21(27)29-22(2,3)4/h5-9,16-19,25H,1,10-13H2,2-4H3,(H,23,27)/t16-,17+,18+,19+/m1/s1. The molecule has 0 unspecified atom stereocenters. The number of alkyl carbamates (subject to hydrolysis) is 1. The smallest absolute Gasteiger partial charge is 0.408 e. The molecule has 2 heterocycles. The van der Waals surface area contributed by atoms with Crippen molar-refractivity contribution in [1.82, 2.24) is 10.2 Å². The lowest BCUT2D eigenvalue weighted by molar-refractivity contribution is -0.154. The lowest BCUT2D eigenvalue weighted by atomic mass is 9.91. The summed E-state index contributed by atoms with van der Waals surface area (Å²) in [5, 5.41) is 13.1. The van der Waals surface area contributed by atoms with Crippen molar-refractivity contribution in [1.29, 1.82) is 0 Å². The van der Waals surface area contributed by atoms with Gasteiger partial charge in [0.15, 0.2) is 0 Å². The molecule has 0 spiro atoms. The Labute approximate surface area is 171 Å². The fourth-order valence-corrected chi connectivity index (χ4v) is 3.84. The van der Waals surface area contributed by atoms with Gasteiger partial charge in [-0.05, 0) is 38.3 Å². The number of nitrogens with zero attached hydrogens (tertiary/aromatic N) is 1. The minimum atomic E-state index is -0.899. The van der Waals surface area contributed by atoms with Crippen molar-refractivity contribution in [3.8, 4) is 0 Å². The predicted molar refractivity (Wildman–Crippen MR) is 108 cm³/mol. The number of aliphatic hydroxyl groups is 1. The molecule has 158 valence electrons. The van der Waals surface area contributed by atoms with Crippen molar-refractivity contribution >= 4 is 12.0 Å². The van der Waals surface area contributed by atoms with Crippen LogP contribution in [0.15, 0.2) is 36.9 Å². The van der Waals surface area contributed by atoms with Crippen LogP contribution < -0.4 is 5.32 Å². The summed E-state index contributed by atoms with van der Waals surface area (Å²) in [6, 6.07) is 7.20. The molecule has 0 radical (unpaired) electrons. The molecule has 3 rings (SSSR count). The van der Waals surface area contributed by atoms with E-state index in [2.05, 4.69) is 18.0 Å². The van der Waals surface area contributed by atoms with Gasteiger partial charge in [-0.3, -0.25) is 4.79 Å². The number of carbonyl (C=O) groups is 2. The van der Waals surface area contributed by atoms with E-state index >= 15 is 0 Å². The summed E-state index contributed by atoms with van der Waals surface area (Å²) in [5.74, 6) is -0.167. The molecule has 7 heteroatoms. The summed E-state index contributed by atoms with van der Waals surface area (Å²) >= 11 is 0. The van der Waals surface area contributed by atoms with Gasteiger partial charge in [0.25, 0.3) is 5.91 Å². The maximum absolute atomic E-state index is 13.1. The van der Waals surface area contributed by atoms with E-state index in [-0.39, 0.29) is 25.0 Å². The monoisotopic (exact) mass is 402 g/mol. The summed E-state index contributed by atoms with van der Waals surface area (Å²) in [6.45, 7) is 9.81. The first-order valence-corrected chi connectivity index (χ1v) is 9.99. The number of ether oxygens (including phenoxy) is 2. The Bertz CT molecular complexity index is 773. The van der Waals surface area contributed by atoms with E-state index < -0.39 is 29.9 Å². The van der Waals surface area contributed by atoms with Gasteiger partial charge in [-0.2, -0.15) is 0 Å². The van der Waals surface area contributed by atoms with Crippen molar-refractivity contribution in [2.75, 3.05) is 13.2 Å². The summed E-state index contributed by atoms with van der Waals surface area (Å²) in [6.07, 6.45) is 0.376. The van der Waals surface area contributed by atoms with Gasteiger partial charge in [0.05, 0.1) is 24.8 Å². The second-order valence-corrected chi connectivity index (χ2v) is 8.54. The summed E-state index contributed by atoms with van der Waals surface area (Å²) < 4.78 is 10.9. The molecule has 2 aliphatic rings. The largest absolute Gasteiger partial charge is 0.444 e. The van der Waals surface area contributed by atoms with Gasteiger partial charge in [0.1, 0.15) is 11.7 Å². The molecule has 1 saturated heterocycles. The third kappa shape index (κ3) is 4.97. The number of carbonyl (C=O) groups excluding carboxylic acids is 2. The number of benzene rings is 1. The fourth-order valence-electron chi connectivity index (χ4n) is 3.84. The highest BCUT2D eigenvalue weighted by Crippen LogP contribution is 2.32. The summed E-state index contributed by atoms with van der Waals surface area (Å²) in [4.78, 5) is 26.8. The van der Waals surface area contributed by atoms with Crippen molar-refractivity contribution < 1.29 is 24.2 Å². The minimum absolute atomic E-state index is 0.0417. The molecular formula is C22H30N2O5. The number of nitrogens with one attached hydrogen (secondary N) is 1. The zero-order valence-electron chi connectivity index (χ0n) is 17.3. The number of amides is 2. The van der Waals surface area contributed by atoms with Gasteiger partial charge < -0.3 is 24.8 Å². The Morgan fingerprint density at radius 1 is 1.34 bits per heavy atom. The zero-order valence-corrected chi connectivity index (χ0v) is 17.3. The van der Waals surface area contributed by atoms with E-state index in [1.807, 2.05) is 18.2 Å². The summed E-state index contributed by atoms with van der Waals surface area (Å²) in [7, 11) is 0. The molecule has 2 N–H and O–H groups in total. The molecule has 29 heavy (non-hydrogen) atoms. The molecule has 0 saturated carbocycles. The minimum Gasteiger partial charge on any atom is -0.444 e. The quantitative estimate of drug-likeness (QED) is 0.758. The maximum Gasteiger partial charge on any atom is 0.408 e. The Hall–Kier alpha value is -2.38. The van der Waals surface area contributed by atoms with Crippen molar-refractivity contribution in [2.24, 2.45) is 0 Å². The van der Waals surface area contributed by atoms with Crippen LogP contribution in [0, 0.1) is 0 Å². The Morgan fingerprint density at radius 2 is 2.07 bits per heavy atom. The highest BCUT2D eigenvalue weighted by molar-refractivity contribution is 5.82. The van der Waals surface area contributed by atoms with E-state index in [1.165, 1.54) is 5.56 Å². The Morgan fingerprint density at radius 3 is 2.72 bits per heavy atom. The van der Waals surface area contributed by atoms with Crippen LogP contribution in [0.1, 0.15) is 44.4 Å². The third-order valence-corrected chi connectivity index (χ3v) is 5.21. The van der Waals surface area contributed by atoms with Crippen LogP contribution in [0.5, 0.6) is 0 Å².